The van der Waals surface area contributed by atoms with Crippen LogP contribution in [0.3, 0.4) is 0 Å². The summed E-state index contributed by atoms with van der Waals surface area (Å²) >= 11 is 0. The Morgan fingerprint density at radius 2 is 1.69 bits per heavy atom. The quantitative estimate of drug-likeness (QED) is 0.790. The molecule has 0 bridgehead atoms. The lowest BCUT2D eigenvalue weighted by atomic mass is 10.1. The lowest BCUT2D eigenvalue weighted by molar-refractivity contribution is 0.0928. The lowest BCUT2D eigenvalue weighted by Gasteiger charge is -2.34. The SMILES string of the molecule is O=C(NC1CCCCCC1)c1ccnc(N2CCN(Cc3ccccc3)CC2)n1. The smallest absolute Gasteiger partial charge is 0.270 e. The van der Waals surface area contributed by atoms with Gasteiger partial charge in [0, 0.05) is 45.0 Å². The summed E-state index contributed by atoms with van der Waals surface area (Å²) in [5.41, 5.74) is 1.82. The predicted octanol–water partition coefficient (Wildman–Crippen LogP) is 3.25. The Bertz CT molecular complexity index is 781. The Morgan fingerprint density at radius 1 is 0.966 bits per heavy atom. The van der Waals surface area contributed by atoms with E-state index >= 15 is 0 Å². The van der Waals surface area contributed by atoms with Crippen LogP contribution in [-0.4, -0.2) is 53.0 Å². The number of carbonyl (C=O) groups excluding carboxylic acids is 1. The van der Waals surface area contributed by atoms with Gasteiger partial charge in [0.2, 0.25) is 5.95 Å². The van der Waals surface area contributed by atoms with E-state index in [2.05, 4.69) is 55.4 Å². The molecule has 0 atom stereocenters. The minimum atomic E-state index is -0.0664. The van der Waals surface area contributed by atoms with Crippen molar-refractivity contribution in [1.29, 1.82) is 0 Å². The zero-order valence-electron chi connectivity index (χ0n) is 17.1. The highest BCUT2D eigenvalue weighted by Gasteiger charge is 2.21. The molecule has 2 aliphatic rings. The molecule has 1 N–H and O–H groups in total. The van der Waals surface area contributed by atoms with Crippen LogP contribution in [0.25, 0.3) is 0 Å². The van der Waals surface area contributed by atoms with E-state index in [-0.39, 0.29) is 11.9 Å². The molecular weight excluding hydrogens is 362 g/mol. The fourth-order valence-electron chi connectivity index (χ4n) is 4.26. The van der Waals surface area contributed by atoms with Gasteiger partial charge in [0.25, 0.3) is 5.91 Å². The summed E-state index contributed by atoms with van der Waals surface area (Å²) in [4.78, 5) is 26.3. The Kier molecular flexibility index (Phi) is 6.72. The molecule has 1 saturated carbocycles. The first-order valence-electron chi connectivity index (χ1n) is 10.9. The van der Waals surface area contributed by atoms with Gasteiger partial charge in [-0.25, -0.2) is 9.97 Å². The second kappa shape index (κ2) is 9.83. The van der Waals surface area contributed by atoms with Crippen molar-refractivity contribution in [2.75, 3.05) is 31.1 Å². The van der Waals surface area contributed by atoms with E-state index in [4.69, 9.17) is 0 Å². The van der Waals surface area contributed by atoms with Gasteiger partial charge < -0.3 is 10.2 Å². The van der Waals surface area contributed by atoms with Crippen molar-refractivity contribution >= 4 is 11.9 Å². The van der Waals surface area contributed by atoms with Gasteiger partial charge in [0.1, 0.15) is 5.69 Å². The Hall–Kier alpha value is -2.47. The second-order valence-corrected chi connectivity index (χ2v) is 8.15. The minimum absolute atomic E-state index is 0.0664. The third-order valence-electron chi connectivity index (χ3n) is 5.97. The van der Waals surface area contributed by atoms with E-state index < -0.39 is 0 Å². The number of piperazine rings is 1. The molecule has 4 rings (SSSR count). The third-order valence-corrected chi connectivity index (χ3v) is 5.97. The summed E-state index contributed by atoms with van der Waals surface area (Å²) in [6, 6.07) is 12.6. The Balaban J connectivity index is 1.32. The van der Waals surface area contributed by atoms with Crippen molar-refractivity contribution in [2.45, 2.75) is 51.1 Å². The van der Waals surface area contributed by atoms with Gasteiger partial charge in [-0.2, -0.15) is 0 Å². The maximum Gasteiger partial charge on any atom is 0.270 e. The molecule has 1 aliphatic heterocycles. The third kappa shape index (κ3) is 5.54. The van der Waals surface area contributed by atoms with E-state index in [0.717, 1.165) is 45.6 Å². The van der Waals surface area contributed by atoms with Crippen LogP contribution in [0.4, 0.5) is 5.95 Å². The first-order valence-corrected chi connectivity index (χ1v) is 10.9. The summed E-state index contributed by atoms with van der Waals surface area (Å²) < 4.78 is 0. The zero-order chi connectivity index (χ0) is 19.9. The maximum atomic E-state index is 12.7. The Labute approximate surface area is 173 Å². The summed E-state index contributed by atoms with van der Waals surface area (Å²) in [6.07, 6.45) is 8.82. The molecule has 1 aromatic heterocycles. The van der Waals surface area contributed by atoms with Crippen LogP contribution in [0, 0.1) is 0 Å². The average Bonchev–Trinajstić information content (AvgIpc) is 3.04. The van der Waals surface area contributed by atoms with Crippen molar-refractivity contribution in [3.8, 4) is 0 Å². The topological polar surface area (TPSA) is 61.4 Å². The number of rotatable bonds is 5. The number of nitrogens with zero attached hydrogens (tertiary/aromatic N) is 4. The fourth-order valence-corrected chi connectivity index (χ4v) is 4.26. The summed E-state index contributed by atoms with van der Waals surface area (Å²) in [6.45, 7) is 4.66. The highest BCUT2D eigenvalue weighted by molar-refractivity contribution is 5.92. The van der Waals surface area contributed by atoms with Crippen LogP contribution in [0.2, 0.25) is 0 Å². The highest BCUT2D eigenvalue weighted by atomic mass is 16.1. The van der Waals surface area contributed by atoms with Crippen LogP contribution in [0.1, 0.15) is 54.6 Å². The monoisotopic (exact) mass is 393 g/mol. The fraction of sp³-hybridized carbons (Fsp3) is 0.522. The number of nitrogens with one attached hydrogen (secondary N) is 1. The van der Waals surface area contributed by atoms with Crippen molar-refractivity contribution < 1.29 is 4.79 Å². The molecule has 1 saturated heterocycles. The van der Waals surface area contributed by atoms with Crippen LogP contribution < -0.4 is 10.2 Å². The molecule has 6 nitrogen and oxygen atoms in total. The summed E-state index contributed by atoms with van der Waals surface area (Å²) in [7, 11) is 0. The lowest BCUT2D eigenvalue weighted by Crippen LogP contribution is -2.46. The molecule has 0 spiro atoms. The maximum absolute atomic E-state index is 12.7. The van der Waals surface area contributed by atoms with Gasteiger partial charge in [0.05, 0.1) is 0 Å². The van der Waals surface area contributed by atoms with E-state index in [1.54, 1.807) is 12.3 Å². The van der Waals surface area contributed by atoms with Gasteiger partial charge in [0.15, 0.2) is 0 Å². The molecule has 2 fully saturated rings. The molecule has 2 heterocycles. The van der Waals surface area contributed by atoms with Crippen molar-refractivity contribution in [3.63, 3.8) is 0 Å². The summed E-state index contributed by atoms with van der Waals surface area (Å²) in [5, 5.41) is 3.18. The van der Waals surface area contributed by atoms with Crippen molar-refractivity contribution in [1.82, 2.24) is 20.2 Å². The molecule has 1 aromatic carbocycles. The zero-order valence-corrected chi connectivity index (χ0v) is 17.1. The van der Waals surface area contributed by atoms with Gasteiger partial charge in [-0.15, -0.1) is 0 Å². The molecule has 29 heavy (non-hydrogen) atoms. The highest BCUT2D eigenvalue weighted by Crippen LogP contribution is 2.18. The minimum Gasteiger partial charge on any atom is -0.348 e. The van der Waals surface area contributed by atoms with E-state index in [9.17, 15) is 4.79 Å². The Morgan fingerprint density at radius 3 is 2.41 bits per heavy atom. The van der Waals surface area contributed by atoms with E-state index in [1.165, 1.54) is 31.2 Å². The van der Waals surface area contributed by atoms with Crippen LogP contribution in [0.15, 0.2) is 42.6 Å². The molecular formula is C23H31N5O. The van der Waals surface area contributed by atoms with Crippen LogP contribution in [-0.2, 0) is 6.54 Å². The van der Waals surface area contributed by atoms with Gasteiger partial charge in [-0.3, -0.25) is 9.69 Å². The molecule has 6 heteroatoms. The van der Waals surface area contributed by atoms with Crippen LogP contribution in [0.5, 0.6) is 0 Å². The largest absolute Gasteiger partial charge is 0.348 e. The number of benzene rings is 1. The van der Waals surface area contributed by atoms with Gasteiger partial charge in [-0.05, 0) is 24.5 Å². The first kappa shape index (κ1) is 19.8. The number of anilines is 1. The van der Waals surface area contributed by atoms with Crippen molar-refractivity contribution in [3.05, 3.63) is 53.9 Å². The number of hydrogen-bond acceptors (Lipinski definition) is 5. The van der Waals surface area contributed by atoms with Crippen LogP contribution >= 0.6 is 0 Å². The van der Waals surface area contributed by atoms with E-state index in [0.29, 0.717) is 11.6 Å². The molecule has 1 aliphatic carbocycles. The molecule has 0 unspecified atom stereocenters. The number of aromatic nitrogens is 2. The summed E-state index contributed by atoms with van der Waals surface area (Å²) in [5.74, 6) is 0.598. The second-order valence-electron chi connectivity index (χ2n) is 8.15. The van der Waals surface area contributed by atoms with Crippen molar-refractivity contribution in [2.24, 2.45) is 0 Å². The molecule has 2 aromatic rings. The predicted molar refractivity (Wildman–Crippen MR) is 115 cm³/mol. The van der Waals surface area contributed by atoms with Gasteiger partial charge in [-0.1, -0.05) is 56.0 Å². The standard InChI is InChI=1S/C23H31N5O/c29-22(25-20-10-6-1-2-7-11-20)21-12-13-24-23(26-21)28-16-14-27(15-17-28)18-19-8-4-3-5-9-19/h3-5,8-9,12-13,20H,1-2,6-7,10-11,14-18H2,(H,25,29). The molecule has 154 valence electrons. The normalized spacial score (nSPS) is 19.0. The first-order chi connectivity index (χ1) is 14.3. The number of amides is 1. The average molecular weight is 394 g/mol. The molecule has 0 radical (unpaired) electrons. The molecule has 1 amide bonds. The van der Waals surface area contributed by atoms with E-state index in [1.807, 2.05) is 0 Å². The van der Waals surface area contributed by atoms with Gasteiger partial charge >= 0.3 is 0 Å². The number of hydrogen-bond donors (Lipinski definition) is 1. The number of carbonyl (C=O) groups is 1.